The van der Waals surface area contributed by atoms with Crippen LogP contribution in [0.5, 0.6) is 0 Å². The van der Waals surface area contributed by atoms with Crippen molar-refractivity contribution >= 4 is 14.1 Å². The van der Waals surface area contributed by atoms with E-state index in [4.69, 9.17) is 0 Å². The molecule has 1 heteroatoms. The van der Waals surface area contributed by atoms with E-state index in [-0.39, 0.29) is 14.1 Å². The average molecular weight is 100 g/mol. The summed E-state index contributed by atoms with van der Waals surface area (Å²) < 4.78 is 0. The van der Waals surface area contributed by atoms with E-state index in [1.807, 2.05) is 0 Å². The molecule has 0 aliphatic heterocycles. The van der Waals surface area contributed by atoms with Gasteiger partial charge in [0.2, 0.25) is 0 Å². The van der Waals surface area contributed by atoms with Gasteiger partial charge in [-0.2, -0.15) is 0 Å². The molecule has 0 radical (unpaired) electrons. The first-order valence-electron chi connectivity index (χ1n) is 2.81. The summed E-state index contributed by atoms with van der Waals surface area (Å²) in [6, 6.07) is 0. The summed E-state index contributed by atoms with van der Waals surface area (Å²) in [6.45, 7) is 4.58. The van der Waals surface area contributed by atoms with Crippen LogP contribution in [0.25, 0.3) is 0 Å². The fourth-order valence-electron chi connectivity index (χ4n) is 0.289. The maximum Gasteiger partial charge on any atom is 0.257 e. The Balaban J connectivity index is 2.75. The van der Waals surface area contributed by atoms with E-state index >= 15 is 0 Å². The monoisotopic (exact) mass is 100 g/mol. The largest absolute Gasteiger partial charge is 0.257 e. The van der Waals surface area contributed by atoms with Gasteiger partial charge in [-0.05, 0) is 0 Å². The third-order valence-corrected chi connectivity index (χ3v) is 4.18. The highest BCUT2D eigenvalue weighted by atomic mass is 27.2. The zero-order valence-corrected chi connectivity index (χ0v) is 6.15. The van der Waals surface area contributed by atoms with Gasteiger partial charge >= 0.3 is 0 Å². The molecule has 0 spiro atoms. The topological polar surface area (TPSA) is 0 Å². The highest BCUT2D eigenvalue weighted by Gasteiger charge is 1.99. The fraction of sp³-hybridized carbons (Fsp3) is 1.00. The fourth-order valence-corrected chi connectivity index (χ4v) is 0.866. The van der Waals surface area contributed by atoms with E-state index in [2.05, 4.69) is 19.6 Å². The van der Waals surface area contributed by atoms with E-state index in [1.165, 1.54) is 10.6 Å². The lowest BCUT2D eigenvalue weighted by atomic mass is 10.9. The molecule has 0 aliphatic carbocycles. The van der Waals surface area contributed by atoms with Crippen molar-refractivity contribution in [1.29, 1.82) is 0 Å². The maximum atomic E-state index is 2.42. The molecule has 36 valence electrons. The zero-order chi connectivity index (χ0) is 4.99. The summed E-state index contributed by atoms with van der Waals surface area (Å²) in [7, 11) is 0. The Kier molecular flexibility index (Phi) is 4.04. The molecule has 0 aromatic carbocycles. The quantitative estimate of drug-likeness (QED) is 0.466. The van der Waals surface area contributed by atoms with Crippen LogP contribution < -0.4 is 0 Å². The van der Waals surface area contributed by atoms with E-state index in [0.29, 0.717) is 0 Å². The predicted molar refractivity (Wildman–Crippen MR) is 32.6 cm³/mol. The van der Waals surface area contributed by atoms with Gasteiger partial charge in [0.05, 0.1) is 0 Å². The highest BCUT2D eigenvalue weighted by Crippen LogP contribution is 1.93. The Morgan fingerprint density at radius 1 is 1.17 bits per heavy atom. The van der Waals surface area contributed by atoms with Crippen molar-refractivity contribution in [2.45, 2.75) is 30.2 Å². The van der Waals surface area contributed by atoms with Gasteiger partial charge in [0, 0.05) is 0 Å². The molecular formula is C5H13Al. The van der Waals surface area contributed by atoms with E-state index in [9.17, 15) is 0 Å². The minimum absolute atomic E-state index is 0.160. The minimum Gasteiger partial charge on any atom is -0.106 e. The lowest BCUT2D eigenvalue weighted by Crippen LogP contribution is -1.99. The standard InChI is InChI=1S/2C2H5.CH3.Al/c2*1-2;;/h2*1H2,2H3;1H3;. The van der Waals surface area contributed by atoms with Gasteiger partial charge in [0.15, 0.2) is 0 Å². The smallest absolute Gasteiger partial charge is 0.106 e. The van der Waals surface area contributed by atoms with Gasteiger partial charge in [-0.15, -0.1) is 5.79 Å². The lowest BCUT2D eigenvalue weighted by molar-refractivity contribution is 1.31. The van der Waals surface area contributed by atoms with Crippen molar-refractivity contribution in [2.24, 2.45) is 0 Å². The van der Waals surface area contributed by atoms with Crippen LogP contribution in [0.1, 0.15) is 13.8 Å². The van der Waals surface area contributed by atoms with Crippen LogP contribution in [0, 0.1) is 0 Å². The Bertz CT molecular complexity index is 23.1. The molecule has 0 saturated heterocycles. The van der Waals surface area contributed by atoms with E-state index in [1.54, 1.807) is 0 Å². The Hall–Kier alpha value is 0.532. The molecule has 0 saturated carbocycles. The van der Waals surface area contributed by atoms with Crippen LogP contribution in [0.4, 0.5) is 0 Å². The molecule has 6 heavy (non-hydrogen) atoms. The summed E-state index contributed by atoms with van der Waals surface area (Å²) in [6.07, 6.45) is 0. The highest BCUT2D eigenvalue weighted by molar-refractivity contribution is 6.56. The molecule has 0 aromatic heterocycles. The molecule has 0 heterocycles. The van der Waals surface area contributed by atoms with Gasteiger partial charge in [0.1, 0.15) is 0 Å². The summed E-state index contributed by atoms with van der Waals surface area (Å²) in [4.78, 5) is 0. The molecule has 0 atom stereocenters. The normalized spacial score (nSPS) is 8.50. The van der Waals surface area contributed by atoms with Gasteiger partial charge in [-0.25, -0.2) is 0 Å². The van der Waals surface area contributed by atoms with Crippen LogP contribution >= 0.6 is 0 Å². The van der Waals surface area contributed by atoms with Gasteiger partial charge < -0.3 is 0 Å². The number of hydrogen-bond donors (Lipinski definition) is 0. The molecule has 0 bridgehead atoms. The van der Waals surface area contributed by atoms with Crippen molar-refractivity contribution < 1.29 is 0 Å². The molecule has 0 nitrogen and oxygen atoms in total. The van der Waals surface area contributed by atoms with E-state index in [0.717, 1.165) is 0 Å². The molecule has 0 fully saturated rings. The number of hydrogen-bond acceptors (Lipinski definition) is 0. The van der Waals surface area contributed by atoms with Gasteiger partial charge in [-0.3, -0.25) is 0 Å². The summed E-state index contributed by atoms with van der Waals surface area (Å²) in [5.74, 6) is 2.42. The van der Waals surface area contributed by atoms with Crippen molar-refractivity contribution in [2.75, 3.05) is 0 Å². The maximum absolute atomic E-state index is 2.42. The van der Waals surface area contributed by atoms with Crippen LogP contribution in [0.15, 0.2) is 0 Å². The summed E-state index contributed by atoms with van der Waals surface area (Å²) >= 11 is -0.160. The van der Waals surface area contributed by atoms with Crippen LogP contribution in [0.3, 0.4) is 0 Å². The van der Waals surface area contributed by atoms with Crippen LogP contribution in [-0.2, 0) is 0 Å². The molecule has 0 amide bonds. The zero-order valence-electron chi connectivity index (χ0n) is 4.99. The Morgan fingerprint density at radius 2 is 1.50 bits per heavy atom. The SMILES string of the molecule is C[CH2][Al]([CH3])[CH2]C. The number of rotatable bonds is 2. The Labute approximate surface area is 44.9 Å². The first-order chi connectivity index (χ1) is 2.81. The van der Waals surface area contributed by atoms with Crippen molar-refractivity contribution in [3.63, 3.8) is 0 Å². The summed E-state index contributed by atoms with van der Waals surface area (Å²) in [5.41, 5.74) is 0. The molecule has 0 aromatic rings. The second-order valence-corrected chi connectivity index (χ2v) is 5.77. The van der Waals surface area contributed by atoms with Crippen molar-refractivity contribution in [3.8, 4) is 0 Å². The third kappa shape index (κ3) is 2.75. The Morgan fingerprint density at radius 3 is 1.50 bits per heavy atom. The molecular weight excluding hydrogens is 87.0 g/mol. The molecule has 0 N–H and O–H groups in total. The predicted octanol–water partition coefficient (Wildman–Crippen LogP) is 2.15. The first-order valence-corrected chi connectivity index (χ1v) is 5.60. The third-order valence-electron chi connectivity index (χ3n) is 1.39. The molecule has 0 unspecified atom stereocenters. The summed E-state index contributed by atoms with van der Waals surface area (Å²) in [5, 5.41) is 2.94. The van der Waals surface area contributed by atoms with Crippen molar-refractivity contribution in [1.82, 2.24) is 0 Å². The van der Waals surface area contributed by atoms with Gasteiger partial charge in [-0.1, -0.05) is 24.4 Å². The van der Waals surface area contributed by atoms with Crippen molar-refractivity contribution in [3.05, 3.63) is 0 Å². The second-order valence-electron chi connectivity index (χ2n) is 1.92. The first kappa shape index (κ1) is 6.53. The van der Waals surface area contributed by atoms with Crippen LogP contribution in [-0.4, -0.2) is 14.1 Å². The molecule has 0 rings (SSSR count). The second kappa shape index (κ2) is 3.71. The van der Waals surface area contributed by atoms with Gasteiger partial charge in [0.25, 0.3) is 14.1 Å². The average Bonchev–Trinajstić information content (AvgIpc) is 1.65. The molecule has 0 aliphatic rings. The minimum atomic E-state index is -0.160. The lowest BCUT2D eigenvalue weighted by Gasteiger charge is -1.90. The van der Waals surface area contributed by atoms with E-state index < -0.39 is 0 Å². The van der Waals surface area contributed by atoms with Crippen LogP contribution in [0.2, 0.25) is 16.4 Å².